The molecule has 0 aliphatic heterocycles. The molecule has 0 spiro atoms. The maximum atomic E-state index is 9.04. The van der Waals surface area contributed by atoms with Crippen LogP contribution in [0.5, 0.6) is 0 Å². The van der Waals surface area contributed by atoms with E-state index in [1.807, 2.05) is 13.8 Å². The molecule has 0 atom stereocenters. The molecule has 0 radical (unpaired) electrons. The number of tetrazole rings is 1. The van der Waals surface area contributed by atoms with E-state index in [4.69, 9.17) is 10.9 Å². The minimum absolute atomic E-state index is 0.00841. The molecular weight excluding hydrogens is 292 g/mol. The quantitative estimate of drug-likeness (QED) is 0.351. The Bertz CT molecular complexity index is 668. The number of aryl methyl sites for hydroxylation is 2. The topological polar surface area (TPSA) is 128 Å². The van der Waals surface area contributed by atoms with E-state index in [-0.39, 0.29) is 5.84 Å². The number of nitrogens with two attached hydrogens (primary N) is 1. The fourth-order valence-electron chi connectivity index (χ4n) is 1.93. The first-order valence-electron chi connectivity index (χ1n) is 6.38. The Hall–Kier alpha value is -2.23. The van der Waals surface area contributed by atoms with Crippen LogP contribution in [0.1, 0.15) is 30.7 Å². The van der Waals surface area contributed by atoms with E-state index in [0.29, 0.717) is 22.2 Å². The predicted octanol–water partition coefficient (Wildman–Crippen LogP) is 0.371. The number of amidine groups is 1. The number of oxime groups is 1. The minimum Gasteiger partial charge on any atom is -0.409 e. The van der Waals surface area contributed by atoms with Crippen molar-refractivity contribution in [2.24, 2.45) is 17.9 Å². The van der Waals surface area contributed by atoms with E-state index in [1.165, 1.54) is 16.4 Å². The van der Waals surface area contributed by atoms with Gasteiger partial charge in [-0.1, -0.05) is 19.0 Å². The number of hydrogen-bond acceptors (Lipinski definition) is 8. The van der Waals surface area contributed by atoms with Gasteiger partial charge in [0, 0.05) is 7.05 Å². The Kier molecular flexibility index (Phi) is 4.68. The van der Waals surface area contributed by atoms with Crippen LogP contribution in [0, 0.1) is 0 Å². The van der Waals surface area contributed by atoms with Gasteiger partial charge in [-0.25, -0.2) is 4.68 Å². The highest BCUT2D eigenvalue weighted by molar-refractivity contribution is 7.99. The van der Waals surface area contributed by atoms with Gasteiger partial charge in [0.2, 0.25) is 5.16 Å². The Morgan fingerprint density at radius 1 is 1.29 bits per heavy atom. The van der Waals surface area contributed by atoms with Crippen molar-refractivity contribution in [3.05, 3.63) is 16.8 Å². The first-order valence-corrected chi connectivity index (χ1v) is 7.20. The lowest BCUT2D eigenvalue weighted by atomic mass is 10.0. The molecule has 3 N–H and O–H groups in total. The molecule has 0 unspecified atom stereocenters. The van der Waals surface area contributed by atoms with E-state index >= 15 is 0 Å². The molecule has 10 heteroatoms. The summed E-state index contributed by atoms with van der Waals surface area (Å²) in [5.74, 6) is 0.00841. The summed E-state index contributed by atoms with van der Waals surface area (Å²) in [4.78, 5) is 0. The molecule has 0 saturated carbocycles. The van der Waals surface area contributed by atoms with E-state index in [0.717, 1.165) is 17.7 Å². The Morgan fingerprint density at radius 2 is 2.05 bits per heavy atom. The van der Waals surface area contributed by atoms with Gasteiger partial charge in [-0.05, 0) is 40.6 Å². The van der Waals surface area contributed by atoms with Gasteiger partial charge in [0.15, 0.2) is 5.84 Å². The summed E-state index contributed by atoms with van der Waals surface area (Å²) >= 11 is 1.22. The second-order valence-corrected chi connectivity index (χ2v) is 5.14. The van der Waals surface area contributed by atoms with E-state index in [1.54, 1.807) is 7.05 Å². The third kappa shape index (κ3) is 2.94. The van der Waals surface area contributed by atoms with Crippen LogP contribution in [0.4, 0.5) is 0 Å². The largest absolute Gasteiger partial charge is 0.409 e. The van der Waals surface area contributed by atoms with Crippen LogP contribution in [0.25, 0.3) is 0 Å². The van der Waals surface area contributed by atoms with Crippen molar-refractivity contribution in [1.29, 1.82) is 0 Å². The molecule has 0 amide bonds. The van der Waals surface area contributed by atoms with Crippen molar-refractivity contribution in [2.75, 3.05) is 0 Å². The lowest BCUT2D eigenvalue weighted by molar-refractivity contribution is 0.318. The zero-order valence-corrected chi connectivity index (χ0v) is 12.8. The number of hydrogen-bond donors (Lipinski definition) is 2. The van der Waals surface area contributed by atoms with Crippen LogP contribution in [-0.2, 0) is 19.9 Å². The third-order valence-electron chi connectivity index (χ3n) is 2.95. The molecule has 0 aromatic carbocycles. The monoisotopic (exact) mass is 308 g/mol. The average Bonchev–Trinajstić information content (AvgIpc) is 2.91. The zero-order valence-electron chi connectivity index (χ0n) is 12.0. The summed E-state index contributed by atoms with van der Waals surface area (Å²) in [6, 6.07) is 0. The Labute approximate surface area is 125 Å². The standard InChI is InChI=1S/C11H16N8OS/c1-4-6-7(5-2)13-14-10(8(6)9(12)16-20)21-11-15-17-18-19(11)3/h20H,4-5H2,1-3H3,(H2,12,16). The van der Waals surface area contributed by atoms with Crippen molar-refractivity contribution in [1.82, 2.24) is 30.4 Å². The van der Waals surface area contributed by atoms with Crippen molar-refractivity contribution < 1.29 is 5.21 Å². The van der Waals surface area contributed by atoms with Gasteiger partial charge >= 0.3 is 0 Å². The van der Waals surface area contributed by atoms with Crippen LogP contribution in [0.3, 0.4) is 0 Å². The fraction of sp³-hybridized carbons (Fsp3) is 0.455. The van der Waals surface area contributed by atoms with Crippen LogP contribution < -0.4 is 5.73 Å². The van der Waals surface area contributed by atoms with Gasteiger partial charge in [0.25, 0.3) is 0 Å². The second-order valence-electron chi connectivity index (χ2n) is 4.18. The van der Waals surface area contributed by atoms with Gasteiger partial charge in [-0.15, -0.1) is 10.2 Å². The normalized spacial score (nSPS) is 11.9. The second kappa shape index (κ2) is 6.48. The van der Waals surface area contributed by atoms with Crippen LogP contribution in [0.2, 0.25) is 0 Å². The number of nitrogens with zero attached hydrogens (tertiary/aromatic N) is 7. The van der Waals surface area contributed by atoms with Gasteiger partial charge in [0.05, 0.1) is 11.3 Å². The van der Waals surface area contributed by atoms with Crippen molar-refractivity contribution in [2.45, 2.75) is 36.9 Å². The first kappa shape index (κ1) is 15.2. The van der Waals surface area contributed by atoms with Gasteiger partial charge in [0.1, 0.15) is 5.03 Å². The molecule has 0 saturated heterocycles. The van der Waals surface area contributed by atoms with E-state index in [9.17, 15) is 0 Å². The highest BCUT2D eigenvalue weighted by Gasteiger charge is 2.20. The molecule has 0 aliphatic rings. The SMILES string of the molecule is CCc1nnc(Sc2nnnn2C)c(C(N)=NO)c1CC. The lowest BCUT2D eigenvalue weighted by Gasteiger charge is -2.13. The predicted molar refractivity (Wildman–Crippen MR) is 76.2 cm³/mol. The molecule has 9 nitrogen and oxygen atoms in total. The van der Waals surface area contributed by atoms with Crippen LogP contribution in [-0.4, -0.2) is 41.4 Å². The molecule has 2 aromatic heterocycles. The van der Waals surface area contributed by atoms with Gasteiger partial charge in [-0.2, -0.15) is 5.10 Å². The Morgan fingerprint density at radius 3 is 2.57 bits per heavy atom. The maximum absolute atomic E-state index is 9.04. The van der Waals surface area contributed by atoms with E-state index in [2.05, 4.69) is 30.9 Å². The van der Waals surface area contributed by atoms with Gasteiger partial charge in [-0.3, -0.25) is 0 Å². The summed E-state index contributed by atoms with van der Waals surface area (Å²) in [7, 11) is 1.72. The molecule has 0 fully saturated rings. The molecule has 0 aliphatic carbocycles. The summed E-state index contributed by atoms with van der Waals surface area (Å²) in [5, 5.41) is 32.8. The van der Waals surface area contributed by atoms with Crippen molar-refractivity contribution in [3.8, 4) is 0 Å². The fourth-order valence-corrected chi connectivity index (χ4v) is 2.76. The highest BCUT2D eigenvalue weighted by Crippen LogP contribution is 2.29. The first-order chi connectivity index (χ1) is 10.1. The summed E-state index contributed by atoms with van der Waals surface area (Å²) < 4.78 is 1.52. The average molecular weight is 308 g/mol. The minimum atomic E-state index is 0.00841. The number of aromatic nitrogens is 6. The zero-order chi connectivity index (χ0) is 15.4. The van der Waals surface area contributed by atoms with Crippen LogP contribution in [0.15, 0.2) is 15.3 Å². The molecule has 112 valence electrons. The van der Waals surface area contributed by atoms with Crippen molar-refractivity contribution in [3.63, 3.8) is 0 Å². The van der Waals surface area contributed by atoms with Crippen molar-refractivity contribution >= 4 is 17.6 Å². The lowest BCUT2D eigenvalue weighted by Crippen LogP contribution is -2.20. The van der Waals surface area contributed by atoms with Crippen LogP contribution >= 0.6 is 11.8 Å². The van der Waals surface area contributed by atoms with Gasteiger partial charge < -0.3 is 10.9 Å². The highest BCUT2D eigenvalue weighted by atomic mass is 32.2. The summed E-state index contributed by atoms with van der Waals surface area (Å²) in [6.45, 7) is 3.97. The molecule has 2 heterocycles. The van der Waals surface area contributed by atoms with E-state index < -0.39 is 0 Å². The summed E-state index contributed by atoms with van der Waals surface area (Å²) in [6.07, 6.45) is 1.42. The molecule has 21 heavy (non-hydrogen) atoms. The molecular formula is C11H16N8OS. The Balaban J connectivity index is 2.57. The molecule has 2 aromatic rings. The molecule has 0 bridgehead atoms. The molecule has 2 rings (SSSR count). The smallest absolute Gasteiger partial charge is 0.215 e. The number of rotatable bonds is 5. The third-order valence-corrected chi connectivity index (χ3v) is 3.95. The summed E-state index contributed by atoms with van der Waals surface area (Å²) in [5.41, 5.74) is 8.16. The maximum Gasteiger partial charge on any atom is 0.215 e.